The van der Waals surface area contributed by atoms with Crippen LogP contribution in [0.2, 0.25) is 0 Å². The first kappa shape index (κ1) is 11.2. The minimum Gasteiger partial charge on any atom is -0.365 e. The second kappa shape index (κ2) is 4.78. The Labute approximate surface area is 105 Å². The van der Waals surface area contributed by atoms with Gasteiger partial charge in [-0.3, -0.25) is 5.10 Å². The molecule has 3 N–H and O–H groups in total. The fourth-order valence-corrected chi connectivity index (χ4v) is 2.20. The van der Waals surface area contributed by atoms with Crippen LogP contribution in [0.3, 0.4) is 0 Å². The average Bonchev–Trinajstić information content (AvgIpc) is 3.02. The monoisotopic (exact) mass is 246 g/mol. The van der Waals surface area contributed by atoms with Crippen molar-refractivity contribution in [2.45, 2.75) is 12.5 Å². The van der Waals surface area contributed by atoms with Gasteiger partial charge in [-0.2, -0.15) is 5.10 Å². The number of H-pyrrole nitrogens is 1. The average molecular weight is 246 g/mol. The van der Waals surface area contributed by atoms with E-state index >= 15 is 0 Å². The Hall–Kier alpha value is -1.88. The molecule has 1 fully saturated rings. The maximum Gasteiger partial charge on any atom is 0.148 e. The van der Waals surface area contributed by atoms with Crippen molar-refractivity contribution in [1.29, 1.82) is 0 Å². The van der Waals surface area contributed by atoms with Crippen LogP contribution < -0.4 is 10.6 Å². The summed E-state index contributed by atoms with van der Waals surface area (Å²) in [7, 11) is 0. The number of rotatable bonds is 3. The smallest absolute Gasteiger partial charge is 0.148 e. The van der Waals surface area contributed by atoms with E-state index in [1.807, 2.05) is 12.1 Å². The third-order valence-corrected chi connectivity index (χ3v) is 3.15. The molecule has 1 aromatic carbocycles. The van der Waals surface area contributed by atoms with Crippen molar-refractivity contribution in [3.8, 4) is 11.3 Å². The lowest BCUT2D eigenvalue weighted by Gasteiger charge is -2.08. The largest absolute Gasteiger partial charge is 0.365 e. The summed E-state index contributed by atoms with van der Waals surface area (Å²) in [5.41, 5.74) is 1.24. The molecule has 3 rings (SSSR count). The Morgan fingerprint density at radius 2 is 2.22 bits per heavy atom. The molecule has 1 saturated heterocycles. The number of benzene rings is 1. The van der Waals surface area contributed by atoms with E-state index in [-0.39, 0.29) is 5.82 Å². The zero-order valence-electron chi connectivity index (χ0n) is 9.91. The summed E-state index contributed by atoms with van der Waals surface area (Å²) >= 11 is 0. The molecule has 0 bridgehead atoms. The summed E-state index contributed by atoms with van der Waals surface area (Å²) in [4.78, 5) is 0. The highest BCUT2D eigenvalue weighted by molar-refractivity contribution is 5.63. The highest BCUT2D eigenvalue weighted by atomic mass is 19.1. The van der Waals surface area contributed by atoms with Gasteiger partial charge in [-0.15, -0.1) is 0 Å². The lowest BCUT2D eigenvalue weighted by atomic mass is 10.1. The Morgan fingerprint density at radius 1 is 1.33 bits per heavy atom. The molecule has 1 aliphatic rings. The lowest BCUT2D eigenvalue weighted by Crippen LogP contribution is -2.22. The number of aromatic amines is 1. The zero-order chi connectivity index (χ0) is 12.4. The lowest BCUT2D eigenvalue weighted by molar-refractivity contribution is 0.630. The van der Waals surface area contributed by atoms with Crippen LogP contribution >= 0.6 is 0 Å². The fourth-order valence-electron chi connectivity index (χ4n) is 2.20. The van der Waals surface area contributed by atoms with Crippen LogP contribution in [0, 0.1) is 5.82 Å². The van der Waals surface area contributed by atoms with E-state index < -0.39 is 0 Å². The van der Waals surface area contributed by atoms with Crippen molar-refractivity contribution >= 4 is 5.82 Å². The molecule has 1 unspecified atom stereocenters. The van der Waals surface area contributed by atoms with Gasteiger partial charge in [-0.1, -0.05) is 12.1 Å². The maximum atomic E-state index is 13.6. The van der Waals surface area contributed by atoms with E-state index in [1.165, 1.54) is 6.07 Å². The number of anilines is 1. The van der Waals surface area contributed by atoms with Gasteiger partial charge in [-0.05, 0) is 25.1 Å². The van der Waals surface area contributed by atoms with E-state index in [9.17, 15) is 4.39 Å². The van der Waals surface area contributed by atoms with Gasteiger partial charge in [0.25, 0.3) is 0 Å². The molecule has 2 heterocycles. The van der Waals surface area contributed by atoms with Crippen LogP contribution in [0.25, 0.3) is 11.3 Å². The number of halogens is 1. The minimum absolute atomic E-state index is 0.241. The summed E-state index contributed by atoms with van der Waals surface area (Å²) in [5.74, 6) is 0.525. The number of nitrogens with one attached hydrogen (secondary N) is 3. The molecule has 1 aliphatic heterocycles. The van der Waals surface area contributed by atoms with Gasteiger partial charge in [0.05, 0.1) is 5.69 Å². The second-order valence-electron chi connectivity index (χ2n) is 4.48. The molecular formula is C13H15FN4. The summed E-state index contributed by atoms with van der Waals surface area (Å²) < 4.78 is 13.6. The van der Waals surface area contributed by atoms with Crippen LogP contribution in [-0.4, -0.2) is 29.3 Å². The molecular weight excluding hydrogens is 231 g/mol. The van der Waals surface area contributed by atoms with Gasteiger partial charge in [0.2, 0.25) is 0 Å². The van der Waals surface area contributed by atoms with E-state index in [1.54, 1.807) is 12.1 Å². The van der Waals surface area contributed by atoms with Crippen LogP contribution in [0.5, 0.6) is 0 Å². The van der Waals surface area contributed by atoms with Gasteiger partial charge in [-0.25, -0.2) is 4.39 Å². The van der Waals surface area contributed by atoms with Crippen molar-refractivity contribution < 1.29 is 4.39 Å². The molecule has 0 aliphatic carbocycles. The SMILES string of the molecule is Fc1ccccc1-c1cc(NC2CCNC2)n[nH]1. The normalized spacial score (nSPS) is 19.1. The number of aromatic nitrogens is 2. The van der Waals surface area contributed by atoms with E-state index in [4.69, 9.17) is 0 Å². The van der Waals surface area contributed by atoms with Crippen LogP contribution in [-0.2, 0) is 0 Å². The standard InChI is InChI=1S/C13H15FN4/c14-11-4-2-1-3-10(11)12-7-13(18-17-12)16-9-5-6-15-8-9/h1-4,7,9,15H,5-6,8H2,(H2,16,17,18). The fraction of sp³-hybridized carbons (Fsp3) is 0.308. The van der Waals surface area contributed by atoms with Gasteiger partial charge in [0.15, 0.2) is 0 Å². The Bertz CT molecular complexity index is 531. The molecule has 4 nitrogen and oxygen atoms in total. The maximum absolute atomic E-state index is 13.6. The first-order valence-corrected chi connectivity index (χ1v) is 6.10. The zero-order valence-corrected chi connectivity index (χ0v) is 9.91. The highest BCUT2D eigenvalue weighted by Gasteiger charge is 2.15. The first-order chi connectivity index (χ1) is 8.83. The quantitative estimate of drug-likeness (QED) is 0.776. The third-order valence-electron chi connectivity index (χ3n) is 3.15. The highest BCUT2D eigenvalue weighted by Crippen LogP contribution is 2.23. The van der Waals surface area contributed by atoms with E-state index in [0.717, 1.165) is 25.3 Å². The van der Waals surface area contributed by atoms with Crippen molar-refractivity contribution in [2.24, 2.45) is 0 Å². The molecule has 2 aromatic rings. The van der Waals surface area contributed by atoms with E-state index in [0.29, 0.717) is 17.3 Å². The molecule has 0 spiro atoms. The van der Waals surface area contributed by atoms with Crippen molar-refractivity contribution in [1.82, 2.24) is 15.5 Å². The van der Waals surface area contributed by atoms with Crippen molar-refractivity contribution in [3.05, 3.63) is 36.1 Å². The van der Waals surface area contributed by atoms with Crippen molar-refractivity contribution in [3.63, 3.8) is 0 Å². The third kappa shape index (κ3) is 2.22. The molecule has 1 aromatic heterocycles. The van der Waals surface area contributed by atoms with Crippen LogP contribution in [0.1, 0.15) is 6.42 Å². The van der Waals surface area contributed by atoms with E-state index in [2.05, 4.69) is 20.8 Å². The van der Waals surface area contributed by atoms with Gasteiger partial charge >= 0.3 is 0 Å². The molecule has 0 radical (unpaired) electrons. The molecule has 0 amide bonds. The van der Waals surface area contributed by atoms with Crippen molar-refractivity contribution in [2.75, 3.05) is 18.4 Å². The minimum atomic E-state index is -0.241. The summed E-state index contributed by atoms with van der Waals surface area (Å²) in [6, 6.07) is 8.93. The number of hydrogen-bond acceptors (Lipinski definition) is 3. The Morgan fingerprint density at radius 3 is 3.00 bits per heavy atom. The predicted molar refractivity (Wildman–Crippen MR) is 68.9 cm³/mol. The molecule has 0 saturated carbocycles. The summed E-state index contributed by atoms with van der Waals surface area (Å²) in [5, 5.41) is 13.6. The molecule has 18 heavy (non-hydrogen) atoms. The molecule has 5 heteroatoms. The Kier molecular flexibility index (Phi) is 2.98. The summed E-state index contributed by atoms with van der Waals surface area (Å²) in [6.07, 6.45) is 1.09. The van der Waals surface area contributed by atoms with Crippen LogP contribution in [0.4, 0.5) is 10.2 Å². The number of hydrogen-bond donors (Lipinski definition) is 3. The van der Waals surface area contributed by atoms with Gasteiger partial charge in [0.1, 0.15) is 11.6 Å². The van der Waals surface area contributed by atoms with Crippen LogP contribution in [0.15, 0.2) is 30.3 Å². The van der Waals surface area contributed by atoms with Gasteiger partial charge in [0, 0.05) is 24.2 Å². The Balaban J connectivity index is 1.79. The molecule has 1 atom stereocenters. The summed E-state index contributed by atoms with van der Waals surface area (Å²) in [6.45, 7) is 1.98. The topological polar surface area (TPSA) is 52.7 Å². The number of nitrogens with zero attached hydrogens (tertiary/aromatic N) is 1. The van der Waals surface area contributed by atoms with Gasteiger partial charge < -0.3 is 10.6 Å². The molecule has 94 valence electrons. The second-order valence-corrected chi connectivity index (χ2v) is 4.48. The predicted octanol–water partition coefficient (Wildman–Crippen LogP) is 1.99. The first-order valence-electron chi connectivity index (χ1n) is 6.10.